The fourth-order valence-electron chi connectivity index (χ4n) is 4.07. The number of ether oxygens (including phenoxy) is 2. The van der Waals surface area contributed by atoms with Gasteiger partial charge < -0.3 is 15.2 Å². The Hall–Kier alpha value is -3.77. The van der Waals surface area contributed by atoms with Crippen LogP contribution in [0.15, 0.2) is 47.4 Å². The molecular formula is C23H21N5O5S2. The normalized spacial score (nSPS) is 14.4. The highest BCUT2D eigenvalue weighted by atomic mass is 32.2. The standard InChI is InChI=1S/C23H21N5O5S2/c1-23(2)11-12-7-10-17(32-3)19(18(12)33-23)35(30,31)28-21(29)16-9-8-13-14(5-4-6-15(13)25-16)20-26-22(24)34-27-20/h4-10H,11H2,1-3H3,(H,28,29)(H2,24,26,27). The van der Waals surface area contributed by atoms with E-state index in [1.807, 2.05) is 19.9 Å². The Morgan fingerprint density at radius 2 is 1.97 bits per heavy atom. The minimum atomic E-state index is -4.35. The zero-order chi connectivity index (χ0) is 25.0. The molecule has 3 N–H and O–H groups in total. The van der Waals surface area contributed by atoms with Crippen LogP contribution in [0.1, 0.15) is 29.9 Å². The molecular weight excluding hydrogens is 490 g/mol. The zero-order valence-electron chi connectivity index (χ0n) is 19.0. The summed E-state index contributed by atoms with van der Waals surface area (Å²) in [5.74, 6) is -0.174. The van der Waals surface area contributed by atoms with Crippen molar-refractivity contribution in [2.24, 2.45) is 0 Å². The minimum Gasteiger partial charge on any atom is -0.495 e. The van der Waals surface area contributed by atoms with E-state index in [-0.39, 0.29) is 22.1 Å². The Kier molecular flexibility index (Phi) is 5.37. The monoisotopic (exact) mass is 511 g/mol. The van der Waals surface area contributed by atoms with E-state index in [1.165, 1.54) is 13.2 Å². The number of carbonyl (C=O) groups is 1. The summed E-state index contributed by atoms with van der Waals surface area (Å²) in [6, 6.07) is 11.7. The van der Waals surface area contributed by atoms with Crippen LogP contribution < -0.4 is 19.9 Å². The number of anilines is 1. The highest BCUT2D eigenvalue weighted by Gasteiger charge is 2.38. The van der Waals surface area contributed by atoms with Crippen LogP contribution in [0.2, 0.25) is 0 Å². The molecule has 0 atom stereocenters. The molecule has 1 amide bonds. The molecule has 0 bridgehead atoms. The van der Waals surface area contributed by atoms with Crippen LogP contribution in [0.25, 0.3) is 22.3 Å². The first-order valence-corrected chi connectivity index (χ1v) is 12.8. The van der Waals surface area contributed by atoms with Crippen molar-refractivity contribution in [3.8, 4) is 22.9 Å². The highest BCUT2D eigenvalue weighted by molar-refractivity contribution is 7.90. The maximum Gasteiger partial charge on any atom is 0.283 e. The van der Waals surface area contributed by atoms with E-state index in [2.05, 4.69) is 19.1 Å². The molecule has 0 saturated heterocycles. The molecule has 2 aromatic carbocycles. The van der Waals surface area contributed by atoms with Gasteiger partial charge in [0, 0.05) is 28.9 Å². The SMILES string of the molecule is COc1ccc2c(c1S(=O)(=O)NC(=O)c1ccc3c(-c4nsc(N)n4)cccc3n1)OC(C)(C)C2. The predicted octanol–water partition coefficient (Wildman–Crippen LogP) is 3.18. The number of nitrogens with two attached hydrogens (primary N) is 1. The number of pyridine rings is 1. The molecule has 1 aliphatic rings. The smallest absolute Gasteiger partial charge is 0.283 e. The van der Waals surface area contributed by atoms with Gasteiger partial charge in [-0.2, -0.15) is 9.36 Å². The van der Waals surface area contributed by atoms with Gasteiger partial charge in [-0.05, 0) is 43.7 Å². The molecule has 0 aliphatic carbocycles. The van der Waals surface area contributed by atoms with Crippen molar-refractivity contribution in [2.75, 3.05) is 12.8 Å². The van der Waals surface area contributed by atoms with Crippen LogP contribution in [0.3, 0.4) is 0 Å². The van der Waals surface area contributed by atoms with Gasteiger partial charge >= 0.3 is 0 Å². The first-order chi connectivity index (χ1) is 16.6. The van der Waals surface area contributed by atoms with Gasteiger partial charge in [0.25, 0.3) is 15.9 Å². The van der Waals surface area contributed by atoms with Crippen LogP contribution in [0.5, 0.6) is 11.5 Å². The third-order valence-electron chi connectivity index (χ3n) is 5.51. The average molecular weight is 512 g/mol. The first kappa shape index (κ1) is 23.0. The summed E-state index contributed by atoms with van der Waals surface area (Å²) in [4.78, 5) is 21.3. The molecule has 10 nitrogen and oxygen atoms in total. The fourth-order valence-corrected chi connectivity index (χ4v) is 5.80. The van der Waals surface area contributed by atoms with Crippen molar-refractivity contribution in [3.05, 3.63) is 53.7 Å². The number of methoxy groups -OCH3 is 1. The van der Waals surface area contributed by atoms with Crippen molar-refractivity contribution in [1.29, 1.82) is 0 Å². The molecule has 35 heavy (non-hydrogen) atoms. The Bertz CT molecular complexity index is 1600. The van der Waals surface area contributed by atoms with Gasteiger partial charge in [-0.25, -0.2) is 18.1 Å². The van der Waals surface area contributed by atoms with Crippen molar-refractivity contribution >= 4 is 43.5 Å². The van der Waals surface area contributed by atoms with Crippen molar-refractivity contribution in [1.82, 2.24) is 19.1 Å². The number of fused-ring (bicyclic) bond motifs is 2. The van der Waals surface area contributed by atoms with Gasteiger partial charge in [-0.3, -0.25) is 4.79 Å². The second kappa shape index (κ2) is 8.17. The van der Waals surface area contributed by atoms with E-state index >= 15 is 0 Å². The van der Waals surface area contributed by atoms with Crippen LogP contribution >= 0.6 is 11.5 Å². The number of nitrogens with one attached hydrogen (secondary N) is 1. The van der Waals surface area contributed by atoms with Crippen molar-refractivity contribution in [2.45, 2.75) is 30.8 Å². The summed E-state index contributed by atoms with van der Waals surface area (Å²) in [6.45, 7) is 3.72. The lowest BCUT2D eigenvalue weighted by molar-refractivity contribution is 0.0977. The Morgan fingerprint density at radius 3 is 2.69 bits per heavy atom. The molecule has 3 heterocycles. The summed E-state index contributed by atoms with van der Waals surface area (Å²) in [6.07, 6.45) is 0.525. The maximum atomic E-state index is 13.3. The van der Waals surface area contributed by atoms with E-state index in [1.54, 1.807) is 30.3 Å². The summed E-state index contributed by atoms with van der Waals surface area (Å²) in [5.41, 5.74) is 6.94. The molecule has 1 aliphatic heterocycles. The van der Waals surface area contributed by atoms with Gasteiger partial charge in [-0.1, -0.05) is 18.2 Å². The number of carbonyl (C=O) groups excluding carboxylic acids is 1. The molecule has 4 aromatic rings. The number of nitrogen functional groups attached to an aromatic ring is 1. The summed E-state index contributed by atoms with van der Waals surface area (Å²) in [5, 5.41) is 1.03. The topological polar surface area (TPSA) is 146 Å². The maximum absolute atomic E-state index is 13.3. The van der Waals surface area contributed by atoms with Crippen LogP contribution in [-0.2, 0) is 16.4 Å². The number of sulfonamides is 1. The number of hydrogen-bond acceptors (Lipinski definition) is 10. The molecule has 0 radical (unpaired) electrons. The molecule has 0 saturated carbocycles. The number of benzene rings is 2. The fraction of sp³-hybridized carbons (Fsp3) is 0.217. The van der Waals surface area contributed by atoms with Gasteiger partial charge in [0.05, 0.1) is 12.6 Å². The number of aromatic nitrogens is 3. The van der Waals surface area contributed by atoms with E-state index < -0.39 is 21.5 Å². The Balaban J connectivity index is 1.50. The van der Waals surface area contributed by atoms with Crippen LogP contribution in [-0.4, -0.2) is 41.4 Å². The molecule has 0 unspecified atom stereocenters. The Labute approximate surface area is 205 Å². The quantitative estimate of drug-likeness (QED) is 0.412. The van der Waals surface area contributed by atoms with Gasteiger partial charge in [0.15, 0.2) is 15.9 Å². The lowest BCUT2D eigenvalue weighted by Gasteiger charge is -2.19. The van der Waals surface area contributed by atoms with E-state index in [4.69, 9.17) is 15.2 Å². The minimum absolute atomic E-state index is 0.0724. The van der Waals surface area contributed by atoms with Gasteiger partial charge in [0.2, 0.25) is 0 Å². The largest absolute Gasteiger partial charge is 0.495 e. The van der Waals surface area contributed by atoms with Gasteiger partial charge in [0.1, 0.15) is 22.8 Å². The van der Waals surface area contributed by atoms with E-state index in [0.717, 1.165) is 17.1 Å². The molecule has 5 rings (SSSR count). The van der Waals surface area contributed by atoms with E-state index in [9.17, 15) is 13.2 Å². The van der Waals surface area contributed by atoms with E-state index in [0.29, 0.717) is 33.8 Å². The number of hydrogen-bond donors (Lipinski definition) is 2. The summed E-state index contributed by atoms with van der Waals surface area (Å²) in [7, 11) is -2.99. The van der Waals surface area contributed by atoms with Crippen molar-refractivity contribution < 1.29 is 22.7 Å². The third kappa shape index (κ3) is 4.15. The molecule has 180 valence electrons. The lowest BCUT2D eigenvalue weighted by Crippen LogP contribution is -2.32. The molecule has 12 heteroatoms. The first-order valence-electron chi connectivity index (χ1n) is 10.5. The van der Waals surface area contributed by atoms with Crippen molar-refractivity contribution in [3.63, 3.8) is 0 Å². The van der Waals surface area contributed by atoms with Crippen LogP contribution in [0, 0.1) is 0 Å². The summed E-state index contributed by atoms with van der Waals surface area (Å²) >= 11 is 1.08. The second-order valence-corrected chi connectivity index (χ2v) is 11.0. The zero-order valence-corrected chi connectivity index (χ0v) is 20.7. The third-order valence-corrected chi connectivity index (χ3v) is 7.44. The number of nitrogens with zero attached hydrogens (tertiary/aromatic N) is 3. The average Bonchev–Trinajstić information content (AvgIpc) is 3.37. The predicted molar refractivity (Wildman–Crippen MR) is 131 cm³/mol. The molecule has 2 aromatic heterocycles. The Morgan fingerprint density at radius 1 is 1.17 bits per heavy atom. The highest BCUT2D eigenvalue weighted by Crippen LogP contribution is 2.44. The molecule has 0 spiro atoms. The number of amides is 1. The second-order valence-electron chi connectivity index (χ2n) is 8.58. The summed E-state index contributed by atoms with van der Waals surface area (Å²) < 4.78 is 44.2. The lowest BCUT2D eigenvalue weighted by atomic mass is 10.0. The number of rotatable bonds is 5. The van der Waals surface area contributed by atoms with Gasteiger partial charge in [-0.15, -0.1) is 0 Å². The molecule has 0 fully saturated rings. The van der Waals surface area contributed by atoms with Crippen LogP contribution in [0.4, 0.5) is 5.13 Å².